The van der Waals surface area contributed by atoms with Crippen molar-refractivity contribution in [1.29, 1.82) is 0 Å². The number of carbonyl (C=O) groups excluding carboxylic acids is 1. The van der Waals surface area contributed by atoms with E-state index >= 15 is 0 Å². The zero-order valence-corrected chi connectivity index (χ0v) is 9.55. The summed E-state index contributed by atoms with van der Waals surface area (Å²) in [6, 6.07) is 4.34. The molecule has 0 spiro atoms. The molecule has 0 aromatic heterocycles. The Balaban J connectivity index is 2.44. The van der Waals surface area contributed by atoms with Gasteiger partial charge in [0.25, 0.3) is 0 Å². The van der Waals surface area contributed by atoms with E-state index < -0.39 is 0 Å². The Morgan fingerprint density at radius 2 is 1.67 bits per heavy atom. The van der Waals surface area contributed by atoms with E-state index in [1.54, 1.807) is 0 Å². The maximum Gasteiger partial charge on any atom is 0.159 e. The van der Waals surface area contributed by atoms with Crippen LogP contribution in [0.5, 0.6) is 0 Å². The number of ketones is 1. The summed E-state index contributed by atoms with van der Waals surface area (Å²) in [6.07, 6.45) is 3.75. The van der Waals surface area contributed by atoms with Crippen LogP contribution in [-0.4, -0.2) is 5.78 Å². The molecule has 0 heterocycles. The van der Waals surface area contributed by atoms with Gasteiger partial charge in [-0.05, 0) is 55.5 Å². The highest BCUT2D eigenvalue weighted by Gasteiger charge is 2.20. The van der Waals surface area contributed by atoms with Gasteiger partial charge in [0.1, 0.15) is 0 Å². The van der Waals surface area contributed by atoms with E-state index in [1.807, 2.05) is 0 Å². The lowest BCUT2D eigenvalue weighted by Crippen LogP contribution is -2.13. The monoisotopic (exact) mass is 200 g/mol. The molecule has 0 atom stereocenters. The fourth-order valence-electron chi connectivity index (χ4n) is 2.12. The zero-order valence-electron chi connectivity index (χ0n) is 9.55. The molecule has 0 saturated heterocycles. The molecule has 0 bridgehead atoms. The third-order valence-electron chi connectivity index (χ3n) is 3.04. The summed E-state index contributed by atoms with van der Waals surface area (Å²) >= 11 is 0. The van der Waals surface area contributed by atoms with Crippen molar-refractivity contribution in [2.45, 2.75) is 33.6 Å². The first-order valence-electron chi connectivity index (χ1n) is 5.39. The Bertz CT molecular complexity index is 429. The summed E-state index contributed by atoms with van der Waals surface area (Å²) in [5.41, 5.74) is 6.03. The van der Waals surface area contributed by atoms with Crippen molar-refractivity contribution >= 4 is 11.9 Å². The number of rotatable bonds is 1. The molecule has 0 N–H and O–H groups in total. The van der Waals surface area contributed by atoms with Crippen LogP contribution in [0.15, 0.2) is 17.7 Å². The van der Waals surface area contributed by atoms with Gasteiger partial charge < -0.3 is 0 Å². The van der Waals surface area contributed by atoms with Gasteiger partial charge in [-0.1, -0.05) is 17.7 Å². The zero-order chi connectivity index (χ0) is 11.0. The van der Waals surface area contributed by atoms with Crippen molar-refractivity contribution in [3.8, 4) is 0 Å². The Labute approximate surface area is 90.8 Å². The van der Waals surface area contributed by atoms with E-state index in [4.69, 9.17) is 0 Å². The van der Waals surface area contributed by atoms with Gasteiger partial charge >= 0.3 is 0 Å². The summed E-state index contributed by atoms with van der Waals surface area (Å²) in [7, 11) is 0. The Morgan fingerprint density at radius 1 is 1.07 bits per heavy atom. The van der Waals surface area contributed by atoms with Gasteiger partial charge in [-0.2, -0.15) is 0 Å². The Morgan fingerprint density at radius 3 is 2.07 bits per heavy atom. The molecule has 0 amide bonds. The first-order valence-corrected chi connectivity index (χ1v) is 5.39. The van der Waals surface area contributed by atoms with Crippen molar-refractivity contribution in [2.75, 3.05) is 0 Å². The SMILES string of the molecule is Cc1cc(C)c(/C=C2\CCC2=O)c(C)c1. The van der Waals surface area contributed by atoms with E-state index in [0.717, 1.165) is 18.4 Å². The first-order chi connectivity index (χ1) is 7.08. The minimum absolute atomic E-state index is 0.314. The van der Waals surface area contributed by atoms with Gasteiger partial charge in [-0.15, -0.1) is 0 Å². The van der Waals surface area contributed by atoms with Gasteiger partial charge in [0.05, 0.1) is 0 Å². The molecule has 78 valence electrons. The summed E-state index contributed by atoms with van der Waals surface area (Å²) < 4.78 is 0. The molecule has 1 heteroatoms. The second-order valence-corrected chi connectivity index (χ2v) is 4.41. The van der Waals surface area contributed by atoms with Crippen LogP contribution < -0.4 is 0 Å². The fourth-order valence-corrected chi connectivity index (χ4v) is 2.12. The predicted octanol–water partition coefficient (Wildman–Crippen LogP) is 3.36. The van der Waals surface area contributed by atoms with Gasteiger partial charge in [-0.3, -0.25) is 4.79 Å². The highest BCUT2D eigenvalue weighted by atomic mass is 16.1. The quantitative estimate of drug-likeness (QED) is 0.635. The molecule has 2 rings (SSSR count). The number of benzene rings is 1. The van der Waals surface area contributed by atoms with Crippen molar-refractivity contribution in [3.05, 3.63) is 40.0 Å². The minimum Gasteiger partial charge on any atom is -0.295 e. The summed E-state index contributed by atoms with van der Waals surface area (Å²) in [6.45, 7) is 6.32. The first kappa shape index (κ1) is 10.2. The summed E-state index contributed by atoms with van der Waals surface area (Å²) in [5.74, 6) is 0.314. The van der Waals surface area contributed by atoms with Gasteiger partial charge in [-0.25, -0.2) is 0 Å². The van der Waals surface area contributed by atoms with E-state index in [2.05, 4.69) is 39.0 Å². The highest BCUT2D eigenvalue weighted by molar-refractivity contribution is 6.05. The molecule has 1 aromatic carbocycles. The van der Waals surface area contributed by atoms with E-state index in [1.165, 1.54) is 22.3 Å². The lowest BCUT2D eigenvalue weighted by molar-refractivity contribution is -0.118. The van der Waals surface area contributed by atoms with Crippen molar-refractivity contribution in [3.63, 3.8) is 0 Å². The lowest BCUT2D eigenvalue weighted by atomic mass is 9.87. The minimum atomic E-state index is 0.314. The molecule has 0 aliphatic heterocycles. The van der Waals surface area contributed by atoms with Crippen LogP contribution >= 0.6 is 0 Å². The fraction of sp³-hybridized carbons (Fsp3) is 0.357. The predicted molar refractivity (Wildman–Crippen MR) is 62.9 cm³/mol. The maximum atomic E-state index is 11.3. The number of hydrogen-bond donors (Lipinski definition) is 0. The molecule has 1 fully saturated rings. The van der Waals surface area contributed by atoms with Crippen LogP contribution in [0.4, 0.5) is 0 Å². The second-order valence-electron chi connectivity index (χ2n) is 4.41. The third kappa shape index (κ3) is 1.87. The van der Waals surface area contributed by atoms with Crippen LogP contribution in [0.1, 0.15) is 35.1 Å². The van der Waals surface area contributed by atoms with Crippen molar-refractivity contribution in [2.24, 2.45) is 0 Å². The highest BCUT2D eigenvalue weighted by Crippen LogP contribution is 2.27. The van der Waals surface area contributed by atoms with Crippen LogP contribution in [-0.2, 0) is 4.79 Å². The van der Waals surface area contributed by atoms with Crippen LogP contribution in [0.2, 0.25) is 0 Å². The molecular formula is C14H16O. The average molecular weight is 200 g/mol. The smallest absolute Gasteiger partial charge is 0.159 e. The summed E-state index contributed by atoms with van der Waals surface area (Å²) in [4.78, 5) is 11.3. The van der Waals surface area contributed by atoms with Crippen molar-refractivity contribution < 1.29 is 4.79 Å². The van der Waals surface area contributed by atoms with Gasteiger partial charge in [0.2, 0.25) is 0 Å². The largest absolute Gasteiger partial charge is 0.295 e. The molecule has 1 saturated carbocycles. The average Bonchev–Trinajstić information content (AvgIpc) is 2.14. The Kier molecular flexibility index (Phi) is 2.47. The maximum absolute atomic E-state index is 11.3. The number of hydrogen-bond acceptors (Lipinski definition) is 1. The van der Waals surface area contributed by atoms with E-state index in [9.17, 15) is 4.79 Å². The lowest BCUT2D eigenvalue weighted by Gasteiger charge is -2.16. The van der Waals surface area contributed by atoms with Gasteiger partial charge in [0.15, 0.2) is 5.78 Å². The number of allylic oxidation sites excluding steroid dienone is 1. The van der Waals surface area contributed by atoms with Crippen LogP contribution in [0.25, 0.3) is 6.08 Å². The molecule has 15 heavy (non-hydrogen) atoms. The normalized spacial score (nSPS) is 18.1. The molecule has 1 nitrogen and oxygen atoms in total. The Hall–Kier alpha value is -1.37. The molecule has 1 aliphatic rings. The number of carbonyl (C=O) groups is 1. The molecular weight excluding hydrogens is 184 g/mol. The standard InChI is InChI=1S/C14H16O/c1-9-6-10(2)13(11(3)7-9)8-12-4-5-14(12)15/h6-8H,4-5H2,1-3H3/b12-8+. The molecule has 1 aliphatic carbocycles. The molecule has 1 aromatic rings. The van der Waals surface area contributed by atoms with Crippen LogP contribution in [0, 0.1) is 20.8 Å². The van der Waals surface area contributed by atoms with E-state index in [-0.39, 0.29) is 0 Å². The number of Topliss-reactive ketones (excluding diaryl/α,β-unsaturated/α-hetero) is 1. The van der Waals surface area contributed by atoms with Gasteiger partial charge in [0, 0.05) is 6.42 Å². The second kappa shape index (κ2) is 3.65. The summed E-state index contributed by atoms with van der Waals surface area (Å²) in [5, 5.41) is 0. The molecule has 0 radical (unpaired) electrons. The number of aryl methyl sites for hydroxylation is 3. The topological polar surface area (TPSA) is 17.1 Å². The molecule has 0 unspecified atom stereocenters. The van der Waals surface area contributed by atoms with Crippen LogP contribution in [0.3, 0.4) is 0 Å². The third-order valence-corrected chi connectivity index (χ3v) is 3.04. The van der Waals surface area contributed by atoms with Crippen molar-refractivity contribution in [1.82, 2.24) is 0 Å². The van der Waals surface area contributed by atoms with E-state index in [0.29, 0.717) is 5.78 Å².